The van der Waals surface area contributed by atoms with Gasteiger partial charge in [0.05, 0.1) is 12.7 Å². The van der Waals surface area contributed by atoms with Crippen LogP contribution in [-0.2, 0) is 16.0 Å². The van der Waals surface area contributed by atoms with Crippen LogP contribution in [0.15, 0.2) is 24.3 Å². The van der Waals surface area contributed by atoms with E-state index in [2.05, 4.69) is 17.9 Å². The van der Waals surface area contributed by atoms with Crippen LogP contribution in [0.5, 0.6) is 0 Å². The number of hydrogen-bond acceptors (Lipinski definition) is 3. The summed E-state index contributed by atoms with van der Waals surface area (Å²) >= 11 is 6.25. The lowest BCUT2D eigenvalue weighted by molar-refractivity contribution is -0.149. The molecule has 2 aliphatic heterocycles. The first kappa shape index (κ1) is 13.4. The highest BCUT2D eigenvalue weighted by atomic mass is 35.5. The average molecular weight is 282 g/mol. The Labute approximate surface area is 119 Å². The van der Waals surface area contributed by atoms with Crippen molar-refractivity contribution in [2.24, 2.45) is 0 Å². The Balaban J connectivity index is 1.72. The predicted octanol–water partition coefficient (Wildman–Crippen LogP) is 2.72. The zero-order valence-electron chi connectivity index (χ0n) is 11.3. The zero-order valence-corrected chi connectivity index (χ0v) is 12.0. The molecule has 2 saturated heterocycles. The van der Waals surface area contributed by atoms with E-state index in [9.17, 15) is 0 Å². The van der Waals surface area contributed by atoms with Crippen molar-refractivity contribution in [2.45, 2.75) is 31.6 Å². The third kappa shape index (κ3) is 2.95. The molecule has 2 fully saturated rings. The van der Waals surface area contributed by atoms with Gasteiger partial charge in [0, 0.05) is 37.7 Å². The highest BCUT2D eigenvalue weighted by Gasteiger charge is 2.42. The molecule has 1 aromatic rings. The van der Waals surface area contributed by atoms with Crippen molar-refractivity contribution in [3.8, 4) is 0 Å². The minimum atomic E-state index is -0.0983. The summed E-state index contributed by atoms with van der Waals surface area (Å²) in [7, 11) is 0. The predicted molar refractivity (Wildman–Crippen MR) is 75.4 cm³/mol. The molecule has 4 heteroatoms. The fourth-order valence-corrected chi connectivity index (χ4v) is 3.33. The molecule has 3 nitrogen and oxygen atoms in total. The summed E-state index contributed by atoms with van der Waals surface area (Å²) in [4.78, 5) is 2.43. The fraction of sp³-hybridized carbons (Fsp3) is 0.600. The van der Waals surface area contributed by atoms with Gasteiger partial charge in [0.2, 0.25) is 0 Å². The van der Waals surface area contributed by atoms with Crippen molar-refractivity contribution in [2.75, 3.05) is 26.3 Å². The number of benzene rings is 1. The number of halogens is 1. The third-order valence-electron chi connectivity index (χ3n) is 3.90. The van der Waals surface area contributed by atoms with Gasteiger partial charge in [0.15, 0.2) is 0 Å². The first-order valence-electron chi connectivity index (χ1n) is 6.88. The molecule has 19 heavy (non-hydrogen) atoms. The number of morpholine rings is 1. The lowest BCUT2D eigenvalue weighted by atomic mass is 9.99. The van der Waals surface area contributed by atoms with E-state index in [0.717, 1.165) is 44.3 Å². The van der Waals surface area contributed by atoms with Gasteiger partial charge in [-0.15, -0.1) is 0 Å². The third-order valence-corrected chi connectivity index (χ3v) is 4.27. The van der Waals surface area contributed by atoms with E-state index >= 15 is 0 Å². The number of ether oxygens (including phenoxy) is 2. The van der Waals surface area contributed by atoms with Crippen LogP contribution in [0, 0.1) is 0 Å². The Hall–Kier alpha value is -0.610. The second kappa shape index (κ2) is 5.41. The molecule has 104 valence electrons. The summed E-state index contributed by atoms with van der Waals surface area (Å²) in [6, 6.07) is 8.06. The van der Waals surface area contributed by atoms with Gasteiger partial charge in [-0.3, -0.25) is 4.90 Å². The summed E-state index contributed by atoms with van der Waals surface area (Å²) < 4.78 is 11.7. The highest BCUT2D eigenvalue weighted by Crippen LogP contribution is 2.31. The molecule has 1 aromatic carbocycles. The Bertz CT molecular complexity index is 446. The van der Waals surface area contributed by atoms with Crippen LogP contribution in [0.25, 0.3) is 0 Å². The van der Waals surface area contributed by atoms with Gasteiger partial charge in [-0.05, 0) is 18.6 Å². The van der Waals surface area contributed by atoms with Crippen LogP contribution in [0.4, 0.5) is 0 Å². The number of hydrogen-bond donors (Lipinski definition) is 0. The van der Waals surface area contributed by atoms with Gasteiger partial charge in [-0.1, -0.05) is 29.8 Å². The molecule has 3 rings (SSSR count). The maximum Gasteiger partial charge on any atom is 0.107 e. The summed E-state index contributed by atoms with van der Waals surface area (Å²) in [5.41, 5.74) is 1.09. The van der Waals surface area contributed by atoms with Gasteiger partial charge >= 0.3 is 0 Å². The minimum Gasteiger partial charge on any atom is -0.378 e. The van der Waals surface area contributed by atoms with Crippen molar-refractivity contribution >= 4 is 11.6 Å². The molecule has 0 aromatic heterocycles. The van der Waals surface area contributed by atoms with Crippen LogP contribution >= 0.6 is 11.6 Å². The molecule has 2 atom stereocenters. The normalized spacial score (nSPS) is 32.0. The second-order valence-electron chi connectivity index (χ2n) is 5.68. The summed E-state index contributed by atoms with van der Waals surface area (Å²) in [6.07, 6.45) is 1.24. The lowest BCUT2D eigenvalue weighted by Crippen LogP contribution is -2.55. The summed E-state index contributed by atoms with van der Waals surface area (Å²) in [5, 5.41) is 0.846. The van der Waals surface area contributed by atoms with Crippen molar-refractivity contribution in [1.29, 1.82) is 0 Å². The van der Waals surface area contributed by atoms with Crippen LogP contribution < -0.4 is 0 Å². The molecular formula is C15H20ClNO2. The van der Waals surface area contributed by atoms with E-state index in [0.29, 0.717) is 0 Å². The SMILES string of the molecule is C[C@H]1CN(Cc2ccccc2Cl)C[C@]2(CCOC2)O1. The summed E-state index contributed by atoms with van der Waals surface area (Å²) in [5.74, 6) is 0. The molecule has 0 radical (unpaired) electrons. The lowest BCUT2D eigenvalue weighted by Gasteiger charge is -2.43. The van der Waals surface area contributed by atoms with Gasteiger partial charge in [-0.2, -0.15) is 0 Å². The van der Waals surface area contributed by atoms with E-state index in [-0.39, 0.29) is 11.7 Å². The zero-order chi connectivity index (χ0) is 13.3. The van der Waals surface area contributed by atoms with Crippen LogP contribution in [0.2, 0.25) is 5.02 Å². The van der Waals surface area contributed by atoms with E-state index in [1.807, 2.05) is 18.2 Å². The van der Waals surface area contributed by atoms with Crippen molar-refractivity contribution in [1.82, 2.24) is 4.90 Å². The standard InChI is InChI=1S/C15H20ClNO2/c1-12-8-17(9-13-4-2-3-5-14(13)16)10-15(19-12)6-7-18-11-15/h2-5,12H,6-11H2,1H3/t12-,15-/m0/s1. The van der Waals surface area contributed by atoms with Crippen molar-refractivity contribution < 1.29 is 9.47 Å². The van der Waals surface area contributed by atoms with E-state index in [1.54, 1.807) is 0 Å². The highest BCUT2D eigenvalue weighted by molar-refractivity contribution is 6.31. The summed E-state index contributed by atoms with van der Waals surface area (Å²) in [6.45, 7) is 6.44. The molecule has 2 heterocycles. The molecule has 0 saturated carbocycles. The Morgan fingerprint density at radius 1 is 1.42 bits per heavy atom. The van der Waals surface area contributed by atoms with Gasteiger partial charge in [0.1, 0.15) is 5.60 Å². The molecule has 0 aliphatic carbocycles. The molecule has 0 amide bonds. The Kier molecular flexibility index (Phi) is 3.81. The smallest absolute Gasteiger partial charge is 0.107 e. The average Bonchev–Trinajstić information content (AvgIpc) is 2.79. The van der Waals surface area contributed by atoms with E-state index < -0.39 is 0 Å². The van der Waals surface area contributed by atoms with Gasteiger partial charge in [0.25, 0.3) is 0 Å². The maximum absolute atomic E-state index is 6.25. The number of nitrogens with zero attached hydrogens (tertiary/aromatic N) is 1. The minimum absolute atomic E-state index is 0.0983. The maximum atomic E-state index is 6.25. The van der Waals surface area contributed by atoms with Gasteiger partial charge < -0.3 is 9.47 Å². The first-order chi connectivity index (χ1) is 9.17. The Morgan fingerprint density at radius 2 is 2.26 bits per heavy atom. The van der Waals surface area contributed by atoms with E-state index in [4.69, 9.17) is 21.1 Å². The van der Waals surface area contributed by atoms with Gasteiger partial charge in [-0.25, -0.2) is 0 Å². The molecule has 0 unspecified atom stereocenters. The molecule has 0 bridgehead atoms. The van der Waals surface area contributed by atoms with Crippen molar-refractivity contribution in [3.63, 3.8) is 0 Å². The molecular weight excluding hydrogens is 262 g/mol. The van der Waals surface area contributed by atoms with Crippen LogP contribution in [-0.4, -0.2) is 42.9 Å². The Morgan fingerprint density at radius 3 is 3.00 bits per heavy atom. The molecule has 1 spiro atoms. The monoisotopic (exact) mass is 281 g/mol. The largest absolute Gasteiger partial charge is 0.378 e. The topological polar surface area (TPSA) is 21.7 Å². The molecule has 0 N–H and O–H groups in total. The van der Waals surface area contributed by atoms with E-state index in [1.165, 1.54) is 5.56 Å². The van der Waals surface area contributed by atoms with Crippen LogP contribution in [0.1, 0.15) is 18.9 Å². The molecule has 2 aliphatic rings. The second-order valence-corrected chi connectivity index (χ2v) is 6.08. The fourth-order valence-electron chi connectivity index (χ4n) is 3.13. The van der Waals surface area contributed by atoms with Crippen molar-refractivity contribution in [3.05, 3.63) is 34.9 Å². The number of rotatable bonds is 2. The first-order valence-corrected chi connectivity index (χ1v) is 7.26. The van der Waals surface area contributed by atoms with Crippen LogP contribution in [0.3, 0.4) is 0 Å². The quantitative estimate of drug-likeness (QED) is 0.832.